The number of ketones is 1. The Hall–Kier alpha value is -2.95. The van der Waals surface area contributed by atoms with Gasteiger partial charge in [-0.1, -0.05) is 60.7 Å². The first-order valence-electron chi connectivity index (χ1n) is 7.04. The van der Waals surface area contributed by atoms with E-state index in [0.717, 1.165) is 6.92 Å². The second kappa shape index (κ2) is 7.35. The summed E-state index contributed by atoms with van der Waals surface area (Å²) >= 11 is 0. The number of Topliss-reactive ketones (excluding diaryl/α,β-unsaturated/α-hetero) is 1. The number of carboxylic acids is 1. The smallest absolute Gasteiger partial charge is 0.352 e. The van der Waals surface area contributed by atoms with Gasteiger partial charge in [0, 0.05) is 0 Å². The van der Waals surface area contributed by atoms with Gasteiger partial charge in [0.1, 0.15) is 5.92 Å². The highest BCUT2D eigenvalue weighted by Gasteiger charge is 2.32. The standard InChI is InChI=1S/C18H16O5/c1-12(19)16(17(20)21)23-18(22)15(13-8-4-2-5-9-13)14-10-6-3-7-11-14/h2-11,15-16H,1H3,(H,20,21). The Bertz CT molecular complexity index is 640. The van der Waals surface area contributed by atoms with Crippen LogP contribution in [0.25, 0.3) is 0 Å². The molecule has 0 spiro atoms. The maximum absolute atomic E-state index is 12.5. The number of carboxylic acid groups (broad SMARTS) is 1. The minimum absolute atomic E-state index is 0.663. The first-order chi connectivity index (χ1) is 11.0. The number of carbonyl (C=O) groups is 3. The van der Waals surface area contributed by atoms with Crippen LogP contribution in [-0.4, -0.2) is 28.9 Å². The predicted octanol–water partition coefficient (Wildman–Crippen LogP) is 2.40. The van der Waals surface area contributed by atoms with Crippen molar-refractivity contribution in [2.45, 2.75) is 18.9 Å². The van der Waals surface area contributed by atoms with Crippen molar-refractivity contribution in [1.29, 1.82) is 0 Å². The van der Waals surface area contributed by atoms with Gasteiger partial charge in [0.15, 0.2) is 5.78 Å². The number of aliphatic carboxylic acids is 1. The SMILES string of the molecule is CC(=O)C(OC(=O)C(c1ccccc1)c1ccccc1)C(=O)O. The minimum Gasteiger partial charge on any atom is -0.478 e. The zero-order valence-electron chi connectivity index (χ0n) is 12.5. The van der Waals surface area contributed by atoms with E-state index in [1.54, 1.807) is 48.5 Å². The molecule has 0 saturated carbocycles. The molecule has 1 atom stereocenters. The van der Waals surface area contributed by atoms with Crippen molar-refractivity contribution in [2.75, 3.05) is 0 Å². The molecule has 0 amide bonds. The van der Waals surface area contributed by atoms with Crippen LogP contribution in [0.1, 0.15) is 24.0 Å². The molecule has 118 valence electrons. The van der Waals surface area contributed by atoms with Crippen molar-refractivity contribution in [3.05, 3.63) is 71.8 Å². The molecular formula is C18H16O5. The Balaban J connectivity index is 2.36. The maximum atomic E-state index is 12.5. The van der Waals surface area contributed by atoms with Crippen molar-refractivity contribution in [3.8, 4) is 0 Å². The van der Waals surface area contributed by atoms with Crippen molar-refractivity contribution in [2.24, 2.45) is 0 Å². The lowest BCUT2D eigenvalue weighted by Gasteiger charge is -2.19. The number of rotatable bonds is 6. The molecule has 0 saturated heterocycles. The molecule has 0 radical (unpaired) electrons. The van der Waals surface area contributed by atoms with Gasteiger partial charge >= 0.3 is 11.9 Å². The Morgan fingerprint density at radius 3 is 1.65 bits per heavy atom. The number of ether oxygens (including phenoxy) is 1. The molecule has 0 aliphatic heterocycles. The van der Waals surface area contributed by atoms with E-state index in [2.05, 4.69) is 0 Å². The summed E-state index contributed by atoms with van der Waals surface area (Å²) in [4.78, 5) is 35.0. The summed E-state index contributed by atoms with van der Waals surface area (Å²) in [6, 6.07) is 17.7. The number of hydrogen-bond acceptors (Lipinski definition) is 4. The summed E-state index contributed by atoms with van der Waals surface area (Å²) in [5, 5.41) is 9.02. The van der Waals surface area contributed by atoms with Gasteiger partial charge < -0.3 is 9.84 Å². The summed E-state index contributed by atoms with van der Waals surface area (Å²) in [5.41, 5.74) is 1.33. The molecule has 0 heterocycles. The third kappa shape index (κ3) is 4.03. The van der Waals surface area contributed by atoms with Crippen LogP contribution in [0, 0.1) is 0 Å². The van der Waals surface area contributed by atoms with Crippen LogP contribution in [-0.2, 0) is 19.1 Å². The first kappa shape index (κ1) is 16.4. The lowest BCUT2D eigenvalue weighted by atomic mass is 9.91. The van der Waals surface area contributed by atoms with Crippen molar-refractivity contribution in [1.82, 2.24) is 0 Å². The molecule has 1 N–H and O–H groups in total. The second-order valence-corrected chi connectivity index (χ2v) is 5.02. The Morgan fingerprint density at radius 1 is 0.870 bits per heavy atom. The molecule has 0 aliphatic carbocycles. The number of esters is 1. The van der Waals surface area contributed by atoms with Crippen LogP contribution in [0.15, 0.2) is 60.7 Å². The summed E-state index contributed by atoms with van der Waals surface area (Å²) in [6.07, 6.45) is -1.79. The molecule has 5 heteroatoms. The lowest BCUT2D eigenvalue weighted by Crippen LogP contribution is -2.35. The van der Waals surface area contributed by atoms with Gasteiger partial charge in [0.05, 0.1) is 0 Å². The third-order valence-corrected chi connectivity index (χ3v) is 3.33. The number of benzene rings is 2. The van der Waals surface area contributed by atoms with Gasteiger partial charge in [-0.2, -0.15) is 0 Å². The van der Waals surface area contributed by atoms with Crippen LogP contribution in [0.3, 0.4) is 0 Å². The van der Waals surface area contributed by atoms with E-state index in [0.29, 0.717) is 11.1 Å². The molecule has 5 nitrogen and oxygen atoms in total. The number of carbonyl (C=O) groups excluding carboxylic acids is 2. The Morgan fingerprint density at radius 2 is 1.30 bits per heavy atom. The molecular weight excluding hydrogens is 296 g/mol. The fraction of sp³-hybridized carbons (Fsp3) is 0.167. The van der Waals surface area contributed by atoms with E-state index in [1.165, 1.54) is 0 Å². The van der Waals surface area contributed by atoms with E-state index in [-0.39, 0.29) is 0 Å². The van der Waals surface area contributed by atoms with Crippen molar-refractivity contribution in [3.63, 3.8) is 0 Å². The van der Waals surface area contributed by atoms with E-state index >= 15 is 0 Å². The van der Waals surface area contributed by atoms with Crippen LogP contribution < -0.4 is 0 Å². The third-order valence-electron chi connectivity index (χ3n) is 3.33. The summed E-state index contributed by atoms with van der Waals surface area (Å²) in [6.45, 7) is 1.08. The van der Waals surface area contributed by atoms with Gasteiger partial charge in [-0.3, -0.25) is 9.59 Å². The summed E-state index contributed by atoms with van der Waals surface area (Å²) in [7, 11) is 0. The van der Waals surface area contributed by atoms with E-state index < -0.39 is 29.7 Å². The fourth-order valence-electron chi connectivity index (χ4n) is 2.25. The summed E-state index contributed by atoms with van der Waals surface area (Å²) < 4.78 is 4.96. The molecule has 0 bridgehead atoms. The molecule has 23 heavy (non-hydrogen) atoms. The first-order valence-corrected chi connectivity index (χ1v) is 7.04. The molecule has 2 aromatic carbocycles. The minimum atomic E-state index is -1.79. The highest BCUT2D eigenvalue weighted by molar-refractivity contribution is 6.02. The zero-order valence-corrected chi connectivity index (χ0v) is 12.5. The van der Waals surface area contributed by atoms with Gasteiger partial charge in [-0.25, -0.2) is 4.79 Å². The molecule has 2 aromatic rings. The highest BCUT2D eigenvalue weighted by atomic mass is 16.6. The Labute approximate surface area is 133 Å². The largest absolute Gasteiger partial charge is 0.478 e. The molecule has 0 aliphatic rings. The van der Waals surface area contributed by atoms with E-state index in [4.69, 9.17) is 9.84 Å². The van der Waals surface area contributed by atoms with Gasteiger partial charge in [-0.15, -0.1) is 0 Å². The van der Waals surface area contributed by atoms with Gasteiger partial charge in [0.25, 0.3) is 6.10 Å². The molecule has 1 unspecified atom stereocenters. The average Bonchev–Trinajstić information content (AvgIpc) is 2.54. The van der Waals surface area contributed by atoms with Crippen LogP contribution in [0.4, 0.5) is 0 Å². The van der Waals surface area contributed by atoms with Gasteiger partial charge in [-0.05, 0) is 18.1 Å². The fourth-order valence-corrected chi connectivity index (χ4v) is 2.25. The molecule has 0 aromatic heterocycles. The summed E-state index contributed by atoms with van der Waals surface area (Å²) in [5.74, 6) is -3.78. The maximum Gasteiger partial charge on any atom is 0.352 e. The second-order valence-electron chi connectivity index (χ2n) is 5.02. The Kier molecular flexibility index (Phi) is 5.25. The van der Waals surface area contributed by atoms with E-state index in [1.807, 2.05) is 12.1 Å². The number of hydrogen-bond donors (Lipinski definition) is 1. The molecule has 0 fully saturated rings. The molecule has 2 rings (SSSR count). The van der Waals surface area contributed by atoms with Crippen LogP contribution in [0.2, 0.25) is 0 Å². The topological polar surface area (TPSA) is 80.7 Å². The zero-order chi connectivity index (χ0) is 16.8. The van der Waals surface area contributed by atoms with Crippen molar-refractivity contribution < 1.29 is 24.2 Å². The quantitative estimate of drug-likeness (QED) is 0.654. The normalized spacial score (nSPS) is 11.7. The van der Waals surface area contributed by atoms with Crippen LogP contribution in [0.5, 0.6) is 0 Å². The lowest BCUT2D eigenvalue weighted by molar-refractivity contribution is -0.167. The monoisotopic (exact) mass is 312 g/mol. The average molecular weight is 312 g/mol. The van der Waals surface area contributed by atoms with Crippen molar-refractivity contribution >= 4 is 17.7 Å². The van der Waals surface area contributed by atoms with Gasteiger partial charge in [0.2, 0.25) is 0 Å². The van der Waals surface area contributed by atoms with Crippen LogP contribution >= 0.6 is 0 Å². The van der Waals surface area contributed by atoms with E-state index in [9.17, 15) is 14.4 Å². The highest BCUT2D eigenvalue weighted by Crippen LogP contribution is 2.26. The predicted molar refractivity (Wildman–Crippen MR) is 82.9 cm³/mol.